The Hall–Kier alpha value is -3.16. The maximum absolute atomic E-state index is 13.1. The number of amides is 1. The average Bonchev–Trinajstić information content (AvgIpc) is 2.85. The SMILES string of the molecule is CN(c1ccccc1)S(=O)(=O)c1cccc(C(=O)N2CCN(Cc3ccccc3)CC2)c1. The largest absolute Gasteiger partial charge is 0.336 e. The predicted octanol–water partition coefficient (Wildman–Crippen LogP) is 3.47. The minimum Gasteiger partial charge on any atom is -0.336 e. The minimum atomic E-state index is -3.77. The summed E-state index contributed by atoms with van der Waals surface area (Å²) in [5.41, 5.74) is 2.22. The molecule has 7 heteroatoms. The second kappa shape index (κ2) is 9.54. The first-order chi connectivity index (χ1) is 15.4. The van der Waals surface area contributed by atoms with Crippen molar-refractivity contribution in [3.05, 3.63) is 96.1 Å². The van der Waals surface area contributed by atoms with Crippen molar-refractivity contribution in [2.75, 3.05) is 37.5 Å². The lowest BCUT2D eigenvalue weighted by Crippen LogP contribution is -2.48. The van der Waals surface area contributed by atoms with Gasteiger partial charge in [-0.15, -0.1) is 0 Å². The Bertz CT molecular complexity index is 1160. The Kier molecular flexibility index (Phi) is 6.58. The number of benzene rings is 3. The number of anilines is 1. The molecule has 6 nitrogen and oxygen atoms in total. The van der Waals surface area contributed by atoms with E-state index in [1.54, 1.807) is 41.3 Å². The van der Waals surface area contributed by atoms with E-state index in [1.165, 1.54) is 29.0 Å². The molecule has 1 fully saturated rings. The van der Waals surface area contributed by atoms with Gasteiger partial charge in [-0.2, -0.15) is 0 Å². The molecule has 0 N–H and O–H groups in total. The summed E-state index contributed by atoms with van der Waals surface area (Å²) in [5.74, 6) is -0.135. The lowest BCUT2D eigenvalue weighted by Gasteiger charge is -2.34. The van der Waals surface area contributed by atoms with Crippen molar-refractivity contribution in [2.24, 2.45) is 0 Å². The number of hydrogen-bond donors (Lipinski definition) is 0. The zero-order chi connectivity index (χ0) is 22.6. The molecule has 3 aromatic carbocycles. The van der Waals surface area contributed by atoms with Crippen LogP contribution in [-0.4, -0.2) is 57.4 Å². The third kappa shape index (κ3) is 4.84. The van der Waals surface area contributed by atoms with E-state index in [4.69, 9.17) is 0 Å². The summed E-state index contributed by atoms with van der Waals surface area (Å²) in [6.07, 6.45) is 0. The van der Waals surface area contributed by atoms with Gasteiger partial charge in [-0.1, -0.05) is 54.6 Å². The number of carbonyl (C=O) groups is 1. The van der Waals surface area contributed by atoms with Crippen LogP contribution in [0.3, 0.4) is 0 Å². The molecule has 0 atom stereocenters. The lowest BCUT2D eigenvalue weighted by molar-refractivity contribution is 0.0628. The van der Waals surface area contributed by atoms with E-state index in [0.29, 0.717) is 24.3 Å². The molecule has 1 amide bonds. The molecule has 0 aliphatic carbocycles. The highest BCUT2D eigenvalue weighted by Gasteiger charge is 2.25. The van der Waals surface area contributed by atoms with Crippen molar-refractivity contribution < 1.29 is 13.2 Å². The molecular formula is C25H27N3O3S. The fourth-order valence-corrected chi connectivity index (χ4v) is 5.10. The van der Waals surface area contributed by atoms with Gasteiger partial charge < -0.3 is 4.90 Å². The molecule has 1 saturated heterocycles. The van der Waals surface area contributed by atoms with Crippen LogP contribution in [0.25, 0.3) is 0 Å². The van der Waals surface area contributed by atoms with E-state index in [2.05, 4.69) is 17.0 Å². The van der Waals surface area contributed by atoms with E-state index in [0.717, 1.165) is 19.6 Å². The standard InChI is InChI=1S/C25H27N3O3S/c1-26(23-12-6-3-7-13-23)32(30,31)24-14-8-11-22(19-24)25(29)28-17-15-27(16-18-28)20-21-9-4-2-5-10-21/h2-14,19H,15-18,20H2,1H3. The normalized spacial score (nSPS) is 14.8. The van der Waals surface area contributed by atoms with Gasteiger partial charge in [0.05, 0.1) is 10.6 Å². The monoisotopic (exact) mass is 449 g/mol. The minimum absolute atomic E-state index is 0.109. The number of piperazine rings is 1. The average molecular weight is 450 g/mol. The molecule has 0 radical (unpaired) electrons. The van der Waals surface area contributed by atoms with Crippen LogP contribution in [0.15, 0.2) is 89.8 Å². The first-order valence-electron chi connectivity index (χ1n) is 10.6. The van der Waals surface area contributed by atoms with Crippen molar-refractivity contribution in [3.8, 4) is 0 Å². The maximum atomic E-state index is 13.1. The third-order valence-electron chi connectivity index (χ3n) is 5.77. The Morgan fingerprint density at radius 3 is 2.12 bits per heavy atom. The van der Waals surface area contributed by atoms with Crippen LogP contribution in [-0.2, 0) is 16.6 Å². The lowest BCUT2D eigenvalue weighted by atomic mass is 10.1. The van der Waals surface area contributed by atoms with Crippen LogP contribution in [0.5, 0.6) is 0 Å². The van der Waals surface area contributed by atoms with Gasteiger partial charge in [-0.05, 0) is 35.9 Å². The molecule has 1 aliphatic rings. The number of hydrogen-bond acceptors (Lipinski definition) is 4. The predicted molar refractivity (Wildman–Crippen MR) is 126 cm³/mol. The maximum Gasteiger partial charge on any atom is 0.264 e. The summed E-state index contributed by atoms with van der Waals surface area (Å²) >= 11 is 0. The van der Waals surface area contributed by atoms with Crippen LogP contribution in [0.4, 0.5) is 5.69 Å². The third-order valence-corrected chi connectivity index (χ3v) is 7.55. The van der Waals surface area contributed by atoms with Gasteiger partial charge in [0.1, 0.15) is 0 Å². The van der Waals surface area contributed by atoms with E-state index in [-0.39, 0.29) is 10.8 Å². The second-order valence-electron chi connectivity index (χ2n) is 7.89. The molecule has 1 aliphatic heterocycles. The highest BCUT2D eigenvalue weighted by Crippen LogP contribution is 2.23. The van der Waals surface area contributed by atoms with Crippen molar-refractivity contribution in [1.82, 2.24) is 9.80 Å². The van der Waals surface area contributed by atoms with Gasteiger partial charge in [0.2, 0.25) is 0 Å². The van der Waals surface area contributed by atoms with Crippen molar-refractivity contribution >= 4 is 21.6 Å². The van der Waals surface area contributed by atoms with Gasteiger partial charge >= 0.3 is 0 Å². The van der Waals surface area contributed by atoms with Gasteiger partial charge in [0.25, 0.3) is 15.9 Å². The summed E-state index contributed by atoms with van der Waals surface area (Å²) in [6, 6.07) is 25.5. The van der Waals surface area contributed by atoms with Crippen LogP contribution in [0, 0.1) is 0 Å². The molecule has 0 saturated carbocycles. The van der Waals surface area contributed by atoms with E-state index in [1.807, 2.05) is 24.3 Å². The first kappa shape index (κ1) is 22.0. The fourth-order valence-electron chi connectivity index (χ4n) is 3.86. The summed E-state index contributed by atoms with van der Waals surface area (Å²) in [5, 5.41) is 0. The van der Waals surface area contributed by atoms with Gasteiger partial charge in [-0.25, -0.2) is 8.42 Å². The Balaban J connectivity index is 1.44. The zero-order valence-corrected chi connectivity index (χ0v) is 18.9. The smallest absolute Gasteiger partial charge is 0.264 e. The number of para-hydroxylation sites is 1. The van der Waals surface area contributed by atoms with Crippen LogP contribution in [0.2, 0.25) is 0 Å². The summed E-state index contributed by atoms with van der Waals surface area (Å²) < 4.78 is 27.4. The molecule has 4 rings (SSSR count). The van der Waals surface area contributed by atoms with Crippen LogP contribution >= 0.6 is 0 Å². The van der Waals surface area contributed by atoms with Crippen molar-refractivity contribution in [1.29, 1.82) is 0 Å². The topological polar surface area (TPSA) is 60.9 Å². The molecule has 3 aromatic rings. The highest BCUT2D eigenvalue weighted by atomic mass is 32.2. The van der Waals surface area contributed by atoms with Crippen LogP contribution < -0.4 is 4.31 Å². The van der Waals surface area contributed by atoms with Gasteiger partial charge in [-0.3, -0.25) is 14.0 Å². The number of sulfonamides is 1. The molecule has 1 heterocycles. The second-order valence-corrected chi connectivity index (χ2v) is 9.86. The van der Waals surface area contributed by atoms with Crippen molar-refractivity contribution in [3.63, 3.8) is 0 Å². The Morgan fingerprint density at radius 1 is 0.844 bits per heavy atom. The summed E-state index contributed by atoms with van der Waals surface area (Å²) in [4.78, 5) is 17.3. The molecule has 0 aromatic heterocycles. The van der Waals surface area contributed by atoms with E-state index in [9.17, 15) is 13.2 Å². The molecule has 32 heavy (non-hydrogen) atoms. The molecule has 0 spiro atoms. The molecule has 166 valence electrons. The quantitative estimate of drug-likeness (QED) is 0.578. The highest BCUT2D eigenvalue weighted by molar-refractivity contribution is 7.92. The number of rotatable bonds is 6. The fraction of sp³-hybridized carbons (Fsp3) is 0.240. The molecular weight excluding hydrogens is 422 g/mol. The van der Waals surface area contributed by atoms with E-state index < -0.39 is 10.0 Å². The van der Waals surface area contributed by atoms with Crippen LogP contribution in [0.1, 0.15) is 15.9 Å². The summed E-state index contributed by atoms with van der Waals surface area (Å²) in [7, 11) is -2.25. The number of nitrogens with zero attached hydrogens (tertiary/aromatic N) is 3. The Labute approximate surface area is 189 Å². The van der Waals surface area contributed by atoms with Gasteiger partial charge in [0.15, 0.2) is 0 Å². The van der Waals surface area contributed by atoms with E-state index >= 15 is 0 Å². The Morgan fingerprint density at radius 2 is 1.47 bits per heavy atom. The zero-order valence-electron chi connectivity index (χ0n) is 18.1. The molecule has 0 bridgehead atoms. The van der Waals surface area contributed by atoms with Gasteiger partial charge in [0, 0.05) is 45.3 Å². The number of carbonyl (C=O) groups excluding carboxylic acids is 1. The first-order valence-corrected chi connectivity index (χ1v) is 12.1. The summed E-state index contributed by atoms with van der Waals surface area (Å²) in [6.45, 7) is 3.67. The van der Waals surface area contributed by atoms with Crippen molar-refractivity contribution in [2.45, 2.75) is 11.4 Å². The molecule has 0 unspecified atom stereocenters.